The van der Waals surface area contributed by atoms with Crippen molar-refractivity contribution in [3.63, 3.8) is 0 Å². The van der Waals surface area contributed by atoms with Crippen LogP contribution in [0.15, 0.2) is 0 Å². The molecule has 1 aliphatic heterocycles. The quantitative estimate of drug-likeness (QED) is 0.720. The van der Waals surface area contributed by atoms with Crippen LogP contribution in [0.2, 0.25) is 0 Å². The van der Waals surface area contributed by atoms with Crippen LogP contribution in [0.25, 0.3) is 0 Å². The van der Waals surface area contributed by atoms with Gasteiger partial charge in [0.1, 0.15) is 6.04 Å². The highest BCUT2D eigenvalue weighted by Gasteiger charge is 2.25. The summed E-state index contributed by atoms with van der Waals surface area (Å²) in [5.41, 5.74) is 5.79. The van der Waals surface area contributed by atoms with Crippen molar-refractivity contribution in [3.8, 4) is 0 Å². The Balaban J connectivity index is 2.42. The second-order valence-corrected chi connectivity index (χ2v) is 5.40. The number of morpholine rings is 1. The van der Waals surface area contributed by atoms with Crippen molar-refractivity contribution in [3.05, 3.63) is 0 Å². The predicted octanol–water partition coefficient (Wildman–Crippen LogP) is -0.277. The maximum absolute atomic E-state index is 12.1. The molecule has 19 heavy (non-hydrogen) atoms. The van der Waals surface area contributed by atoms with Crippen molar-refractivity contribution in [2.24, 2.45) is 11.7 Å². The molecule has 0 aliphatic carbocycles. The van der Waals surface area contributed by atoms with Gasteiger partial charge in [0.05, 0.1) is 19.3 Å². The fourth-order valence-electron chi connectivity index (χ4n) is 2.05. The molecule has 0 radical (unpaired) electrons. The van der Waals surface area contributed by atoms with Gasteiger partial charge in [-0.25, -0.2) is 0 Å². The monoisotopic (exact) mass is 271 g/mol. The Labute approximate surface area is 114 Å². The first-order valence-electron chi connectivity index (χ1n) is 6.84. The van der Waals surface area contributed by atoms with Crippen LogP contribution in [0.5, 0.6) is 0 Å². The number of nitrogens with zero attached hydrogens (tertiary/aromatic N) is 1. The fourth-order valence-corrected chi connectivity index (χ4v) is 2.05. The van der Waals surface area contributed by atoms with E-state index < -0.39 is 12.1 Å². The van der Waals surface area contributed by atoms with Crippen LogP contribution in [0.4, 0.5) is 0 Å². The normalized spacial score (nSPS) is 19.1. The lowest BCUT2D eigenvalue weighted by atomic mass is 10.0. The highest BCUT2D eigenvalue weighted by atomic mass is 16.5. The van der Waals surface area contributed by atoms with E-state index in [4.69, 9.17) is 10.5 Å². The van der Waals surface area contributed by atoms with Crippen LogP contribution in [0.3, 0.4) is 0 Å². The molecule has 6 nitrogen and oxygen atoms in total. The summed E-state index contributed by atoms with van der Waals surface area (Å²) in [6.45, 7) is 7.98. The van der Waals surface area contributed by atoms with Gasteiger partial charge < -0.3 is 20.7 Å². The van der Waals surface area contributed by atoms with E-state index in [-0.39, 0.29) is 11.8 Å². The van der Waals surface area contributed by atoms with E-state index in [1.165, 1.54) is 0 Å². The summed E-state index contributed by atoms with van der Waals surface area (Å²) in [6.07, 6.45) is 0.615. The first-order valence-corrected chi connectivity index (χ1v) is 6.84. The summed E-state index contributed by atoms with van der Waals surface area (Å²) in [5, 5.41) is 2.69. The summed E-state index contributed by atoms with van der Waals surface area (Å²) < 4.78 is 5.19. The molecule has 1 rings (SSSR count). The van der Waals surface area contributed by atoms with E-state index >= 15 is 0 Å². The second-order valence-electron chi connectivity index (χ2n) is 5.40. The van der Waals surface area contributed by atoms with Crippen molar-refractivity contribution in [2.45, 2.75) is 39.3 Å². The molecular formula is C13H25N3O3. The summed E-state index contributed by atoms with van der Waals surface area (Å²) in [6, 6.07) is -1.09. The molecule has 1 unspecified atom stereocenters. The van der Waals surface area contributed by atoms with Crippen LogP contribution in [-0.2, 0) is 14.3 Å². The summed E-state index contributed by atoms with van der Waals surface area (Å²) in [4.78, 5) is 25.6. The SMILES string of the molecule is CC(C)C[C@H](N)C(=O)NC(C)C(=O)N1CCOCC1. The number of ether oxygens (including phenoxy) is 1. The van der Waals surface area contributed by atoms with E-state index in [1.54, 1.807) is 11.8 Å². The van der Waals surface area contributed by atoms with Crippen molar-refractivity contribution < 1.29 is 14.3 Å². The lowest BCUT2D eigenvalue weighted by Gasteiger charge is -2.29. The van der Waals surface area contributed by atoms with Crippen LogP contribution in [0.1, 0.15) is 27.2 Å². The Bertz CT molecular complexity index is 314. The summed E-state index contributed by atoms with van der Waals surface area (Å²) in [5.74, 6) is 0.0159. The van der Waals surface area contributed by atoms with Crippen molar-refractivity contribution in [2.75, 3.05) is 26.3 Å². The first kappa shape index (κ1) is 15.9. The maximum atomic E-state index is 12.1. The van der Waals surface area contributed by atoms with E-state index in [9.17, 15) is 9.59 Å². The minimum atomic E-state index is -0.556. The Morgan fingerprint density at radius 1 is 1.26 bits per heavy atom. The number of nitrogens with one attached hydrogen (secondary N) is 1. The smallest absolute Gasteiger partial charge is 0.245 e. The highest BCUT2D eigenvalue weighted by Crippen LogP contribution is 2.04. The van der Waals surface area contributed by atoms with Gasteiger partial charge in [-0.1, -0.05) is 13.8 Å². The van der Waals surface area contributed by atoms with E-state index in [0.29, 0.717) is 38.6 Å². The Morgan fingerprint density at radius 2 is 1.84 bits per heavy atom. The van der Waals surface area contributed by atoms with Gasteiger partial charge in [0.15, 0.2) is 0 Å². The zero-order valence-corrected chi connectivity index (χ0v) is 12.0. The zero-order chi connectivity index (χ0) is 14.4. The van der Waals surface area contributed by atoms with Crippen LogP contribution >= 0.6 is 0 Å². The number of carbonyl (C=O) groups is 2. The number of hydrogen-bond acceptors (Lipinski definition) is 4. The number of hydrogen-bond donors (Lipinski definition) is 2. The van der Waals surface area contributed by atoms with E-state index in [0.717, 1.165) is 0 Å². The molecule has 1 fully saturated rings. The van der Waals surface area contributed by atoms with Crippen LogP contribution in [-0.4, -0.2) is 55.1 Å². The first-order chi connectivity index (χ1) is 8.91. The third-order valence-electron chi connectivity index (χ3n) is 3.11. The molecule has 1 aliphatic rings. The number of nitrogens with two attached hydrogens (primary N) is 1. The van der Waals surface area contributed by atoms with Crippen molar-refractivity contribution >= 4 is 11.8 Å². The Kier molecular flexibility index (Phi) is 6.24. The molecule has 1 heterocycles. The van der Waals surface area contributed by atoms with E-state index in [2.05, 4.69) is 5.32 Å². The lowest BCUT2D eigenvalue weighted by molar-refractivity contribution is -0.139. The predicted molar refractivity (Wildman–Crippen MR) is 72.4 cm³/mol. The van der Waals surface area contributed by atoms with Gasteiger partial charge in [0.25, 0.3) is 0 Å². The highest BCUT2D eigenvalue weighted by molar-refractivity contribution is 5.89. The van der Waals surface area contributed by atoms with Gasteiger partial charge in [-0.2, -0.15) is 0 Å². The molecule has 0 spiro atoms. The molecule has 0 aromatic heterocycles. The third-order valence-corrected chi connectivity index (χ3v) is 3.11. The molecule has 3 N–H and O–H groups in total. The molecule has 6 heteroatoms. The van der Waals surface area contributed by atoms with Gasteiger partial charge >= 0.3 is 0 Å². The van der Waals surface area contributed by atoms with Crippen molar-refractivity contribution in [1.29, 1.82) is 0 Å². The molecule has 0 saturated carbocycles. The maximum Gasteiger partial charge on any atom is 0.245 e. The average molecular weight is 271 g/mol. The Morgan fingerprint density at radius 3 is 2.37 bits per heavy atom. The average Bonchev–Trinajstić information content (AvgIpc) is 2.37. The zero-order valence-electron chi connectivity index (χ0n) is 12.0. The summed E-state index contributed by atoms with van der Waals surface area (Å²) >= 11 is 0. The minimum absolute atomic E-state index is 0.0756. The van der Waals surface area contributed by atoms with Crippen molar-refractivity contribution in [1.82, 2.24) is 10.2 Å². The minimum Gasteiger partial charge on any atom is -0.378 e. The number of rotatable bonds is 5. The molecule has 0 bridgehead atoms. The number of amides is 2. The largest absolute Gasteiger partial charge is 0.378 e. The molecule has 0 aromatic rings. The molecule has 2 atom stereocenters. The van der Waals surface area contributed by atoms with Gasteiger partial charge in [0, 0.05) is 13.1 Å². The molecule has 1 saturated heterocycles. The Hall–Kier alpha value is -1.14. The molecule has 110 valence electrons. The molecule has 2 amide bonds. The molecular weight excluding hydrogens is 246 g/mol. The summed E-state index contributed by atoms with van der Waals surface area (Å²) in [7, 11) is 0. The van der Waals surface area contributed by atoms with Gasteiger partial charge in [-0.3, -0.25) is 9.59 Å². The van der Waals surface area contributed by atoms with Crippen LogP contribution in [0, 0.1) is 5.92 Å². The van der Waals surface area contributed by atoms with Gasteiger partial charge in [-0.05, 0) is 19.3 Å². The topological polar surface area (TPSA) is 84.7 Å². The van der Waals surface area contributed by atoms with Gasteiger partial charge in [-0.15, -0.1) is 0 Å². The standard InChI is InChI=1S/C13H25N3O3/c1-9(2)8-11(14)12(17)15-10(3)13(18)16-4-6-19-7-5-16/h9-11H,4-8,14H2,1-3H3,(H,15,17)/t10?,11-/m0/s1. The van der Waals surface area contributed by atoms with Crippen LogP contribution < -0.4 is 11.1 Å². The third kappa shape index (κ3) is 5.16. The van der Waals surface area contributed by atoms with Gasteiger partial charge in [0.2, 0.25) is 11.8 Å². The second kappa shape index (κ2) is 7.45. The number of carbonyl (C=O) groups excluding carboxylic acids is 2. The lowest BCUT2D eigenvalue weighted by Crippen LogP contribution is -2.53. The fraction of sp³-hybridized carbons (Fsp3) is 0.846. The van der Waals surface area contributed by atoms with E-state index in [1.807, 2.05) is 13.8 Å². The molecule has 0 aromatic carbocycles.